The molecule has 5 nitrogen and oxygen atoms in total. The van der Waals surface area contributed by atoms with Gasteiger partial charge in [0.1, 0.15) is 5.82 Å². The summed E-state index contributed by atoms with van der Waals surface area (Å²) in [4.78, 5) is -0.233. The Labute approximate surface area is 112 Å². The van der Waals surface area contributed by atoms with Crippen LogP contribution in [0.25, 0.3) is 0 Å². The fourth-order valence-electron chi connectivity index (χ4n) is 2.49. The predicted molar refractivity (Wildman–Crippen MR) is 71.6 cm³/mol. The third-order valence-corrected chi connectivity index (χ3v) is 4.53. The molecule has 1 fully saturated rings. The number of primary sulfonamides is 1. The average Bonchev–Trinajstić information content (AvgIpc) is 2.80. The molecule has 0 aromatic heterocycles. The summed E-state index contributed by atoms with van der Waals surface area (Å²) in [6.07, 6.45) is 3.89. The second-order valence-electron chi connectivity index (χ2n) is 5.00. The Kier molecular flexibility index (Phi) is 3.80. The zero-order valence-electron chi connectivity index (χ0n) is 10.5. The summed E-state index contributed by atoms with van der Waals surface area (Å²) in [7, 11) is -3.88. The van der Waals surface area contributed by atoms with Crippen molar-refractivity contribution in [2.24, 2.45) is 10.9 Å². The first-order valence-electron chi connectivity index (χ1n) is 6.17. The first-order chi connectivity index (χ1) is 8.86. The Bertz CT molecular complexity index is 568. The number of benzene rings is 1. The molecule has 7 heteroatoms. The summed E-state index contributed by atoms with van der Waals surface area (Å²) in [5, 5.41) is 8.07. The summed E-state index contributed by atoms with van der Waals surface area (Å²) >= 11 is 0. The van der Waals surface area contributed by atoms with Crippen molar-refractivity contribution in [2.45, 2.75) is 36.1 Å². The van der Waals surface area contributed by atoms with E-state index < -0.39 is 15.8 Å². The number of anilines is 1. The minimum Gasteiger partial charge on any atom is -0.376 e. The number of hydrogen-bond donors (Lipinski definition) is 3. The molecule has 0 amide bonds. The fraction of sp³-hybridized carbons (Fsp3) is 0.500. The first-order valence-corrected chi connectivity index (χ1v) is 7.72. The number of hydrogen-bond acceptors (Lipinski definition) is 4. The third-order valence-electron chi connectivity index (χ3n) is 3.62. The largest absolute Gasteiger partial charge is 0.376 e. The van der Waals surface area contributed by atoms with Crippen molar-refractivity contribution in [1.82, 2.24) is 0 Å². The van der Waals surface area contributed by atoms with Crippen LogP contribution in [0.15, 0.2) is 23.1 Å². The van der Waals surface area contributed by atoms with E-state index >= 15 is 0 Å². The van der Waals surface area contributed by atoms with E-state index in [2.05, 4.69) is 5.32 Å². The predicted octanol–water partition coefficient (Wildman–Crippen LogP) is 1.16. The number of rotatable bonds is 4. The molecule has 106 valence electrons. The fourth-order valence-corrected chi connectivity index (χ4v) is 3.02. The van der Waals surface area contributed by atoms with Crippen LogP contribution in [0.3, 0.4) is 0 Å². The Morgan fingerprint density at radius 2 is 1.95 bits per heavy atom. The van der Waals surface area contributed by atoms with E-state index in [0.29, 0.717) is 6.54 Å². The number of nitrogens with two attached hydrogens (primary N) is 2. The van der Waals surface area contributed by atoms with Crippen molar-refractivity contribution in [1.29, 1.82) is 0 Å². The molecule has 0 atom stereocenters. The van der Waals surface area contributed by atoms with Gasteiger partial charge in [-0.05, 0) is 31.0 Å². The highest BCUT2D eigenvalue weighted by atomic mass is 32.2. The lowest BCUT2D eigenvalue weighted by Gasteiger charge is -2.30. The van der Waals surface area contributed by atoms with Crippen molar-refractivity contribution >= 4 is 15.7 Å². The zero-order chi connectivity index (χ0) is 14.1. The maximum absolute atomic E-state index is 13.9. The van der Waals surface area contributed by atoms with Crippen LogP contribution in [0.4, 0.5) is 10.1 Å². The molecule has 0 spiro atoms. The molecule has 0 radical (unpaired) electrons. The van der Waals surface area contributed by atoms with E-state index in [0.717, 1.165) is 31.7 Å². The Balaban J connectivity index is 2.27. The zero-order valence-corrected chi connectivity index (χ0v) is 11.3. The summed E-state index contributed by atoms with van der Waals surface area (Å²) in [6.45, 7) is 0.420. The van der Waals surface area contributed by atoms with Gasteiger partial charge in [-0.2, -0.15) is 0 Å². The van der Waals surface area contributed by atoms with Gasteiger partial charge in [-0.25, -0.2) is 17.9 Å². The molecule has 0 saturated heterocycles. The van der Waals surface area contributed by atoms with Gasteiger partial charge in [0.25, 0.3) is 0 Å². The highest BCUT2D eigenvalue weighted by Gasteiger charge is 2.32. The quantitative estimate of drug-likeness (QED) is 0.773. The van der Waals surface area contributed by atoms with Crippen LogP contribution in [-0.4, -0.2) is 20.5 Å². The van der Waals surface area contributed by atoms with Crippen molar-refractivity contribution < 1.29 is 12.8 Å². The van der Waals surface area contributed by atoms with Gasteiger partial charge in [0.15, 0.2) is 0 Å². The summed E-state index contributed by atoms with van der Waals surface area (Å²) in [5.74, 6) is -0.633. The molecule has 0 unspecified atom stereocenters. The standard InChI is InChI=1S/C12H18FN3O2S/c13-10-7-9(19(15,17)18)3-4-11(10)16-12(8-14)5-1-2-6-12/h3-4,7,16H,1-2,5-6,8,14H2,(H2,15,17,18). The Hall–Kier alpha value is -1.18. The van der Waals surface area contributed by atoms with Crippen molar-refractivity contribution in [3.63, 3.8) is 0 Å². The smallest absolute Gasteiger partial charge is 0.238 e. The molecule has 19 heavy (non-hydrogen) atoms. The van der Waals surface area contributed by atoms with E-state index in [-0.39, 0.29) is 16.1 Å². The molecule has 1 aromatic carbocycles. The van der Waals surface area contributed by atoms with Crippen LogP contribution in [0.2, 0.25) is 0 Å². The number of halogens is 1. The van der Waals surface area contributed by atoms with E-state index in [9.17, 15) is 12.8 Å². The van der Waals surface area contributed by atoms with Crippen LogP contribution < -0.4 is 16.2 Å². The molecule has 0 aliphatic heterocycles. The second kappa shape index (κ2) is 5.07. The van der Waals surface area contributed by atoms with E-state index in [1.165, 1.54) is 12.1 Å². The van der Waals surface area contributed by atoms with E-state index in [1.807, 2.05) is 0 Å². The maximum atomic E-state index is 13.9. The highest BCUT2D eigenvalue weighted by molar-refractivity contribution is 7.89. The van der Waals surface area contributed by atoms with Gasteiger partial charge in [-0.3, -0.25) is 0 Å². The van der Waals surface area contributed by atoms with Crippen LogP contribution >= 0.6 is 0 Å². The SMILES string of the molecule is NCC1(Nc2ccc(S(N)(=O)=O)cc2F)CCCC1. The molecule has 1 aromatic rings. The average molecular weight is 287 g/mol. The molecule has 0 bridgehead atoms. The van der Waals surface area contributed by atoms with Crippen molar-refractivity contribution in [2.75, 3.05) is 11.9 Å². The second-order valence-corrected chi connectivity index (χ2v) is 6.56. The first kappa shape index (κ1) is 14.2. The molecule has 1 aliphatic rings. The lowest BCUT2D eigenvalue weighted by Crippen LogP contribution is -2.43. The van der Waals surface area contributed by atoms with Gasteiger partial charge in [0.05, 0.1) is 10.6 Å². The van der Waals surface area contributed by atoms with Gasteiger partial charge in [-0.1, -0.05) is 12.8 Å². The highest BCUT2D eigenvalue weighted by Crippen LogP contribution is 2.33. The molecule has 2 rings (SSSR count). The van der Waals surface area contributed by atoms with E-state index in [1.54, 1.807) is 0 Å². The lowest BCUT2D eigenvalue weighted by atomic mass is 9.97. The van der Waals surface area contributed by atoms with Gasteiger partial charge in [-0.15, -0.1) is 0 Å². The number of sulfonamides is 1. The molecular weight excluding hydrogens is 269 g/mol. The molecular formula is C12H18FN3O2S. The van der Waals surface area contributed by atoms with Crippen LogP contribution in [-0.2, 0) is 10.0 Å². The normalized spacial score (nSPS) is 18.5. The van der Waals surface area contributed by atoms with Gasteiger partial charge >= 0.3 is 0 Å². The molecule has 1 saturated carbocycles. The van der Waals surface area contributed by atoms with Gasteiger partial charge < -0.3 is 11.1 Å². The monoisotopic (exact) mass is 287 g/mol. The van der Waals surface area contributed by atoms with Crippen molar-refractivity contribution in [3.05, 3.63) is 24.0 Å². The molecule has 0 heterocycles. The maximum Gasteiger partial charge on any atom is 0.238 e. The van der Waals surface area contributed by atoms with Crippen LogP contribution in [0.1, 0.15) is 25.7 Å². The topological polar surface area (TPSA) is 98.2 Å². The van der Waals surface area contributed by atoms with Gasteiger partial charge in [0, 0.05) is 12.1 Å². The molecule has 1 aliphatic carbocycles. The Morgan fingerprint density at radius 3 is 2.42 bits per heavy atom. The minimum atomic E-state index is -3.88. The summed E-state index contributed by atoms with van der Waals surface area (Å²) in [5.41, 5.74) is 5.74. The Morgan fingerprint density at radius 1 is 1.32 bits per heavy atom. The summed E-state index contributed by atoms with van der Waals surface area (Å²) in [6, 6.07) is 3.61. The molecule has 5 N–H and O–H groups in total. The number of nitrogens with one attached hydrogen (secondary N) is 1. The summed E-state index contributed by atoms with van der Waals surface area (Å²) < 4.78 is 36.2. The lowest BCUT2D eigenvalue weighted by molar-refractivity contribution is 0.487. The third kappa shape index (κ3) is 3.05. The van der Waals surface area contributed by atoms with Crippen LogP contribution in [0.5, 0.6) is 0 Å². The van der Waals surface area contributed by atoms with Crippen LogP contribution in [0, 0.1) is 5.82 Å². The van der Waals surface area contributed by atoms with Crippen molar-refractivity contribution in [3.8, 4) is 0 Å². The van der Waals surface area contributed by atoms with E-state index in [4.69, 9.17) is 10.9 Å². The minimum absolute atomic E-state index is 0.233. The van der Waals surface area contributed by atoms with Gasteiger partial charge in [0.2, 0.25) is 10.0 Å².